The molecule has 0 amide bonds. The highest BCUT2D eigenvalue weighted by Gasteiger charge is 2.21. The predicted molar refractivity (Wildman–Crippen MR) is 119 cm³/mol. The van der Waals surface area contributed by atoms with Crippen molar-refractivity contribution in [2.75, 3.05) is 0 Å². The summed E-state index contributed by atoms with van der Waals surface area (Å²) in [5.41, 5.74) is 1.68. The number of hydrogen-bond acceptors (Lipinski definition) is 4. The second-order valence-corrected chi connectivity index (χ2v) is 8.73. The van der Waals surface area contributed by atoms with E-state index in [1.54, 1.807) is 0 Å². The van der Waals surface area contributed by atoms with Crippen LogP contribution < -0.4 is 10.3 Å². The number of carboxylic acids is 1. The minimum atomic E-state index is -1.05. The molecule has 0 spiro atoms. The topological polar surface area (TPSA) is 68.0 Å². The number of benzene rings is 2. The van der Waals surface area contributed by atoms with Gasteiger partial charge >= 0.3 is 5.97 Å². The maximum Gasteiger partial charge on any atom is 0.338 e. The largest absolute Gasteiger partial charge is 0.490 e. The molecule has 1 N–H and O–H groups in total. The first kappa shape index (κ1) is 18.9. The lowest BCUT2D eigenvalue weighted by molar-refractivity contribution is 0.0699. The van der Waals surface area contributed by atoms with Gasteiger partial charge in [-0.25, -0.2) is 4.79 Å². The number of aromatic nitrogens is 1. The Balaban J connectivity index is 1.72. The Hall–Kier alpha value is -3.12. The summed E-state index contributed by atoms with van der Waals surface area (Å²) in [7, 11) is 0. The summed E-state index contributed by atoms with van der Waals surface area (Å²) in [6.07, 6.45) is 5.90. The fraction of sp³-hybridized carbons (Fsp3) is 0.250. The lowest BCUT2D eigenvalue weighted by Gasteiger charge is -2.22. The van der Waals surface area contributed by atoms with E-state index in [1.165, 1.54) is 41.1 Å². The van der Waals surface area contributed by atoms with Crippen molar-refractivity contribution in [1.82, 2.24) is 4.40 Å². The molecule has 4 aromatic rings. The fourth-order valence-electron chi connectivity index (χ4n) is 4.21. The maximum atomic E-state index is 13.4. The molecular formula is C24H21NO4S. The zero-order chi connectivity index (χ0) is 20.7. The van der Waals surface area contributed by atoms with Gasteiger partial charge in [-0.2, -0.15) is 0 Å². The van der Waals surface area contributed by atoms with Gasteiger partial charge in [0.25, 0.3) is 5.56 Å². The molecule has 5 rings (SSSR count). The highest BCUT2D eigenvalue weighted by atomic mass is 32.1. The minimum absolute atomic E-state index is 0.129. The molecule has 152 valence electrons. The summed E-state index contributed by atoms with van der Waals surface area (Å²) in [6, 6.07) is 16.4. The van der Waals surface area contributed by atoms with Crippen LogP contribution in [-0.2, 0) is 0 Å². The van der Waals surface area contributed by atoms with Crippen LogP contribution in [0, 0.1) is 0 Å². The van der Waals surface area contributed by atoms with Crippen LogP contribution in [0.1, 0.15) is 42.5 Å². The zero-order valence-electron chi connectivity index (χ0n) is 16.3. The van der Waals surface area contributed by atoms with Crippen molar-refractivity contribution in [3.8, 4) is 16.9 Å². The van der Waals surface area contributed by atoms with E-state index in [1.807, 2.05) is 48.5 Å². The van der Waals surface area contributed by atoms with Gasteiger partial charge in [0, 0.05) is 11.6 Å². The standard InChI is InChI=1S/C24H21NO4S/c26-22-18(15-7-3-1-4-8-15)14-19(24(27)28)23-25(22)20-13-17(11-12-21(20)30-23)29-16-9-5-2-6-10-16/h1,3-4,7-8,11-14,16H,2,5-6,9-10H2,(H,27,28). The molecule has 2 heterocycles. The van der Waals surface area contributed by atoms with Crippen LogP contribution in [0.5, 0.6) is 5.75 Å². The van der Waals surface area contributed by atoms with Gasteiger partial charge in [-0.05, 0) is 49.4 Å². The quantitative estimate of drug-likeness (QED) is 0.468. The molecule has 0 aliphatic heterocycles. The van der Waals surface area contributed by atoms with E-state index in [9.17, 15) is 14.7 Å². The number of thiazole rings is 1. The molecule has 0 radical (unpaired) electrons. The average Bonchev–Trinajstić information content (AvgIpc) is 3.14. The number of pyridine rings is 1. The first-order valence-corrected chi connectivity index (χ1v) is 11.0. The van der Waals surface area contributed by atoms with Crippen molar-refractivity contribution in [3.05, 3.63) is 70.5 Å². The number of carboxylic acid groups (broad SMARTS) is 1. The van der Waals surface area contributed by atoms with E-state index in [2.05, 4.69) is 0 Å². The molecule has 0 atom stereocenters. The van der Waals surface area contributed by atoms with E-state index < -0.39 is 5.97 Å². The number of hydrogen-bond donors (Lipinski definition) is 1. The second-order valence-electron chi connectivity index (χ2n) is 7.70. The number of ether oxygens (including phenoxy) is 1. The second kappa shape index (κ2) is 7.61. The van der Waals surface area contributed by atoms with Gasteiger partial charge < -0.3 is 9.84 Å². The lowest BCUT2D eigenvalue weighted by atomic mass is 9.98. The monoisotopic (exact) mass is 419 g/mol. The molecule has 6 heteroatoms. The van der Waals surface area contributed by atoms with Crippen LogP contribution in [0.3, 0.4) is 0 Å². The van der Waals surface area contributed by atoms with E-state index in [0.29, 0.717) is 21.5 Å². The van der Waals surface area contributed by atoms with Crippen molar-refractivity contribution >= 4 is 32.4 Å². The SMILES string of the molecule is O=C(O)c1cc(-c2ccccc2)c(=O)n2c1sc1ccc(OC3CCCCC3)cc12. The third kappa shape index (κ3) is 3.27. The zero-order valence-corrected chi connectivity index (χ0v) is 17.2. The van der Waals surface area contributed by atoms with Crippen LogP contribution in [0.25, 0.3) is 26.2 Å². The molecule has 0 saturated heterocycles. The minimum Gasteiger partial charge on any atom is -0.490 e. The fourth-order valence-corrected chi connectivity index (χ4v) is 5.34. The average molecular weight is 420 g/mol. The summed E-state index contributed by atoms with van der Waals surface area (Å²) < 4.78 is 8.57. The van der Waals surface area contributed by atoms with E-state index in [-0.39, 0.29) is 17.2 Å². The molecule has 2 aromatic heterocycles. The van der Waals surface area contributed by atoms with Crippen molar-refractivity contribution < 1.29 is 14.6 Å². The first-order chi connectivity index (χ1) is 14.6. The first-order valence-electron chi connectivity index (χ1n) is 10.2. The summed E-state index contributed by atoms with van der Waals surface area (Å²) in [5.74, 6) is -0.321. The van der Waals surface area contributed by atoms with Gasteiger partial charge in [-0.1, -0.05) is 36.8 Å². The smallest absolute Gasteiger partial charge is 0.338 e. The molecule has 5 nitrogen and oxygen atoms in total. The maximum absolute atomic E-state index is 13.4. The molecule has 30 heavy (non-hydrogen) atoms. The van der Waals surface area contributed by atoms with Crippen LogP contribution in [0.4, 0.5) is 0 Å². The Labute approximate surface area is 177 Å². The van der Waals surface area contributed by atoms with Crippen LogP contribution >= 0.6 is 11.3 Å². The summed E-state index contributed by atoms with van der Waals surface area (Å²) in [5, 5.41) is 9.81. The summed E-state index contributed by atoms with van der Waals surface area (Å²) >= 11 is 1.32. The van der Waals surface area contributed by atoms with Gasteiger partial charge in [0.2, 0.25) is 0 Å². The number of rotatable bonds is 4. The van der Waals surface area contributed by atoms with E-state index >= 15 is 0 Å². The van der Waals surface area contributed by atoms with Crippen molar-refractivity contribution in [2.24, 2.45) is 0 Å². The number of fused-ring (bicyclic) bond motifs is 3. The lowest BCUT2D eigenvalue weighted by Crippen LogP contribution is -2.20. The van der Waals surface area contributed by atoms with Crippen molar-refractivity contribution in [2.45, 2.75) is 38.2 Å². The summed E-state index contributed by atoms with van der Waals surface area (Å²) in [4.78, 5) is 25.8. The van der Waals surface area contributed by atoms with Gasteiger partial charge in [0.1, 0.15) is 10.6 Å². The van der Waals surface area contributed by atoms with Crippen LogP contribution in [0.2, 0.25) is 0 Å². The molecule has 1 fully saturated rings. The molecular weight excluding hydrogens is 398 g/mol. The third-order valence-corrected chi connectivity index (χ3v) is 6.86. The van der Waals surface area contributed by atoms with Crippen molar-refractivity contribution in [1.29, 1.82) is 0 Å². The Bertz CT molecular complexity index is 1300. The van der Waals surface area contributed by atoms with Crippen molar-refractivity contribution in [3.63, 3.8) is 0 Å². The Morgan fingerprint density at radius 1 is 1.03 bits per heavy atom. The highest BCUT2D eigenvalue weighted by Crippen LogP contribution is 2.33. The highest BCUT2D eigenvalue weighted by molar-refractivity contribution is 7.24. The molecule has 0 unspecified atom stereocenters. The predicted octanol–water partition coefficient (Wildman–Crippen LogP) is 5.59. The number of carbonyl (C=O) groups is 1. The normalized spacial score (nSPS) is 14.9. The number of nitrogens with zero attached hydrogens (tertiary/aromatic N) is 1. The summed E-state index contributed by atoms with van der Waals surface area (Å²) in [6.45, 7) is 0. The van der Waals surface area contributed by atoms with Gasteiger partial charge in [0.05, 0.1) is 21.9 Å². The molecule has 0 bridgehead atoms. The van der Waals surface area contributed by atoms with E-state index in [4.69, 9.17) is 4.74 Å². The van der Waals surface area contributed by atoms with Gasteiger partial charge in [-0.3, -0.25) is 9.20 Å². The molecule has 1 aliphatic rings. The number of aromatic carboxylic acids is 1. The van der Waals surface area contributed by atoms with Crippen LogP contribution in [-0.4, -0.2) is 21.6 Å². The Morgan fingerprint density at radius 3 is 2.53 bits per heavy atom. The van der Waals surface area contributed by atoms with Gasteiger partial charge in [0.15, 0.2) is 0 Å². The van der Waals surface area contributed by atoms with Crippen LogP contribution in [0.15, 0.2) is 59.4 Å². The Morgan fingerprint density at radius 2 is 1.80 bits per heavy atom. The van der Waals surface area contributed by atoms with Gasteiger partial charge in [-0.15, -0.1) is 11.3 Å². The molecule has 1 saturated carbocycles. The molecule has 2 aromatic carbocycles. The Kier molecular flexibility index (Phi) is 4.79. The molecule has 1 aliphatic carbocycles. The third-order valence-electron chi connectivity index (χ3n) is 5.70. The van der Waals surface area contributed by atoms with E-state index in [0.717, 1.165) is 23.3 Å².